The number of benzene rings is 5. The highest BCUT2D eigenvalue weighted by atomic mass is 16.5. The Morgan fingerprint density at radius 3 is 1.59 bits per heavy atom. The highest BCUT2D eigenvalue weighted by Gasteiger charge is 2.21. The van der Waals surface area contributed by atoms with Crippen LogP contribution in [0.15, 0.2) is 119 Å². The van der Waals surface area contributed by atoms with Crippen LogP contribution in [0.5, 0.6) is 11.5 Å². The summed E-state index contributed by atoms with van der Waals surface area (Å²) in [6.45, 7) is 2.13. The zero-order chi connectivity index (χ0) is 28.2. The minimum absolute atomic E-state index is 0.0242. The fourth-order valence-corrected chi connectivity index (χ4v) is 5.23. The van der Waals surface area contributed by atoms with Crippen LogP contribution in [0.1, 0.15) is 12.5 Å². The molecule has 2 aromatic heterocycles. The largest absolute Gasteiger partial charge is 0.456 e. The van der Waals surface area contributed by atoms with Crippen LogP contribution in [0.25, 0.3) is 54.6 Å². The van der Waals surface area contributed by atoms with E-state index >= 15 is 0 Å². The van der Waals surface area contributed by atoms with E-state index in [-0.39, 0.29) is 27.3 Å². The molecule has 7 nitrogen and oxygen atoms in total. The van der Waals surface area contributed by atoms with Crippen molar-refractivity contribution in [2.24, 2.45) is 0 Å². The molecule has 0 N–H and O–H groups in total. The van der Waals surface area contributed by atoms with Gasteiger partial charge in [0.1, 0.15) is 11.1 Å². The van der Waals surface area contributed by atoms with Gasteiger partial charge in [-0.1, -0.05) is 67.6 Å². The number of rotatable bonds is 5. The van der Waals surface area contributed by atoms with Crippen LogP contribution in [-0.2, 0) is 6.42 Å². The van der Waals surface area contributed by atoms with Crippen molar-refractivity contribution in [2.75, 3.05) is 0 Å². The predicted molar refractivity (Wildman–Crippen MR) is 158 cm³/mol. The van der Waals surface area contributed by atoms with Crippen LogP contribution in [0, 0.1) is 0 Å². The first-order valence-corrected chi connectivity index (χ1v) is 13.0. The Labute approximate surface area is 231 Å². The Morgan fingerprint density at radius 1 is 0.537 bits per heavy atom. The van der Waals surface area contributed by atoms with Gasteiger partial charge in [0, 0.05) is 5.39 Å². The molecular weight excluding hydrogens is 520 g/mol. The van der Waals surface area contributed by atoms with Crippen LogP contribution in [0.3, 0.4) is 0 Å². The number of furan rings is 2. The first-order valence-electron chi connectivity index (χ1n) is 13.0. The molecule has 0 atom stereocenters. The van der Waals surface area contributed by atoms with E-state index in [0.717, 1.165) is 28.7 Å². The lowest BCUT2D eigenvalue weighted by molar-refractivity contribution is 0.484. The van der Waals surface area contributed by atoms with E-state index in [2.05, 4.69) is 55.5 Å². The third kappa shape index (κ3) is 4.06. The maximum Gasteiger partial charge on any atom is 0.350 e. The fraction of sp³-hybridized carbons (Fsp3) is 0.0588. The van der Waals surface area contributed by atoms with Crippen LogP contribution in [0.4, 0.5) is 0 Å². The molecule has 41 heavy (non-hydrogen) atoms. The first kappa shape index (κ1) is 24.5. The van der Waals surface area contributed by atoms with Gasteiger partial charge in [-0.3, -0.25) is 0 Å². The molecule has 0 saturated carbocycles. The smallest absolute Gasteiger partial charge is 0.350 e. The van der Waals surface area contributed by atoms with Gasteiger partial charge in [0.2, 0.25) is 0 Å². The summed E-state index contributed by atoms with van der Waals surface area (Å²) in [5.74, 6) is 0.469. The number of fused-ring (bicyclic) bond motifs is 3. The summed E-state index contributed by atoms with van der Waals surface area (Å²) < 4.78 is 15.7. The number of ether oxygens (including phenoxy) is 1. The van der Waals surface area contributed by atoms with Crippen molar-refractivity contribution < 1.29 is 13.6 Å². The number of aryl methyl sites for hydroxylation is 1. The molecule has 2 heterocycles. The average Bonchev–Trinajstić information content (AvgIpc) is 3.44. The lowest BCUT2D eigenvalue weighted by Gasteiger charge is -2.11. The standard InChI is InChI=1S/C34H20O7/c1-2-18-3-5-19(6-4-18)20-7-9-21(10-8-20)22-11-13-24(14-12-22)39-30-25-17-27-26(31(35)40-32(27)36)15-23(25)16-28-29(30)34(38)41-33(28)37/h3-17H,2H2,1H3. The molecule has 0 amide bonds. The lowest BCUT2D eigenvalue weighted by Crippen LogP contribution is -1.97. The third-order valence-corrected chi connectivity index (χ3v) is 7.45. The molecule has 7 aromatic rings. The SMILES string of the molecule is CCc1ccc(-c2ccc(-c3ccc(Oc4c5cc6c(=O)oc(=O)c6cc5cc5c(=O)oc(=O)c45)cc3)cc2)cc1. The minimum Gasteiger partial charge on any atom is -0.456 e. The van der Waals surface area contributed by atoms with E-state index in [4.69, 9.17) is 13.6 Å². The maximum atomic E-state index is 12.6. The van der Waals surface area contributed by atoms with Gasteiger partial charge in [-0.25, -0.2) is 19.2 Å². The molecule has 0 unspecified atom stereocenters. The van der Waals surface area contributed by atoms with E-state index in [1.165, 1.54) is 23.8 Å². The second kappa shape index (κ2) is 9.27. The Bertz CT molecular complexity index is 2310. The zero-order valence-electron chi connectivity index (χ0n) is 21.7. The Hall–Kier alpha value is -5.56. The minimum atomic E-state index is -0.845. The van der Waals surface area contributed by atoms with Crippen molar-refractivity contribution in [3.8, 4) is 33.8 Å². The van der Waals surface area contributed by atoms with Gasteiger partial charge in [0.25, 0.3) is 0 Å². The van der Waals surface area contributed by atoms with Gasteiger partial charge < -0.3 is 13.6 Å². The summed E-state index contributed by atoms with van der Waals surface area (Å²) in [6, 6.07) is 28.4. The highest BCUT2D eigenvalue weighted by molar-refractivity contribution is 6.09. The topological polar surface area (TPSA) is 104 Å². The molecule has 0 saturated heterocycles. The Kier molecular flexibility index (Phi) is 5.54. The molecule has 0 fully saturated rings. The molecule has 198 valence electrons. The number of hydrogen-bond donors (Lipinski definition) is 0. The molecular formula is C34H20O7. The molecule has 5 aromatic carbocycles. The summed E-state index contributed by atoms with van der Waals surface area (Å²) in [4.78, 5) is 49.3. The van der Waals surface area contributed by atoms with E-state index in [9.17, 15) is 19.2 Å². The van der Waals surface area contributed by atoms with Gasteiger partial charge >= 0.3 is 22.5 Å². The van der Waals surface area contributed by atoms with Crippen molar-refractivity contribution in [1.29, 1.82) is 0 Å². The van der Waals surface area contributed by atoms with E-state index in [0.29, 0.717) is 16.5 Å². The molecule has 0 aliphatic rings. The first-order chi connectivity index (χ1) is 19.9. The van der Waals surface area contributed by atoms with Gasteiger partial charge in [0.15, 0.2) is 5.75 Å². The molecule has 0 spiro atoms. The molecule has 0 bridgehead atoms. The third-order valence-electron chi connectivity index (χ3n) is 7.45. The van der Waals surface area contributed by atoms with Gasteiger partial charge in [-0.05, 0) is 70.0 Å². The normalized spacial score (nSPS) is 11.5. The summed E-state index contributed by atoms with van der Waals surface area (Å²) in [6.07, 6.45) is 1.00. The predicted octanol–water partition coefficient (Wildman–Crippen LogP) is 6.34. The van der Waals surface area contributed by atoms with Crippen LogP contribution < -0.4 is 27.2 Å². The zero-order valence-corrected chi connectivity index (χ0v) is 21.7. The van der Waals surface area contributed by atoms with Crippen molar-refractivity contribution in [2.45, 2.75) is 13.3 Å². The van der Waals surface area contributed by atoms with Crippen LogP contribution in [0.2, 0.25) is 0 Å². The van der Waals surface area contributed by atoms with Gasteiger partial charge in [-0.15, -0.1) is 0 Å². The summed E-state index contributed by atoms with van der Waals surface area (Å²) in [7, 11) is 0. The molecule has 0 radical (unpaired) electrons. The second-order valence-electron chi connectivity index (χ2n) is 9.86. The summed E-state index contributed by atoms with van der Waals surface area (Å²) >= 11 is 0. The van der Waals surface area contributed by atoms with Gasteiger partial charge in [0.05, 0.1) is 16.2 Å². The molecule has 7 rings (SSSR count). The molecule has 0 aliphatic carbocycles. The van der Waals surface area contributed by atoms with Crippen molar-refractivity contribution in [3.63, 3.8) is 0 Å². The van der Waals surface area contributed by atoms with Crippen molar-refractivity contribution >= 4 is 32.3 Å². The monoisotopic (exact) mass is 540 g/mol. The summed E-state index contributed by atoms with van der Waals surface area (Å²) in [5, 5.41) is 0.928. The quantitative estimate of drug-likeness (QED) is 0.251. The lowest BCUT2D eigenvalue weighted by atomic mass is 9.99. The van der Waals surface area contributed by atoms with E-state index in [1.807, 2.05) is 12.1 Å². The van der Waals surface area contributed by atoms with Crippen molar-refractivity contribution in [3.05, 3.63) is 138 Å². The number of hydrogen-bond acceptors (Lipinski definition) is 7. The maximum absolute atomic E-state index is 12.6. The highest BCUT2D eigenvalue weighted by Crippen LogP contribution is 2.37. The van der Waals surface area contributed by atoms with Crippen molar-refractivity contribution in [1.82, 2.24) is 0 Å². The molecule has 0 aliphatic heterocycles. The van der Waals surface area contributed by atoms with Crippen LogP contribution in [-0.4, -0.2) is 0 Å². The van der Waals surface area contributed by atoms with Gasteiger partial charge in [-0.2, -0.15) is 0 Å². The Morgan fingerprint density at radius 2 is 1.00 bits per heavy atom. The summed E-state index contributed by atoms with van der Waals surface area (Å²) in [5.41, 5.74) is 2.34. The Balaban J connectivity index is 1.26. The average molecular weight is 541 g/mol. The fourth-order valence-electron chi connectivity index (χ4n) is 5.23. The second-order valence-corrected chi connectivity index (χ2v) is 9.86. The van der Waals surface area contributed by atoms with E-state index in [1.54, 1.807) is 12.1 Å². The molecule has 7 heteroatoms. The van der Waals surface area contributed by atoms with Crippen LogP contribution >= 0.6 is 0 Å². The van der Waals surface area contributed by atoms with E-state index < -0.39 is 22.5 Å².